The van der Waals surface area contributed by atoms with Gasteiger partial charge in [-0.3, -0.25) is 16.8 Å². The van der Waals surface area contributed by atoms with Gasteiger partial charge in [0, 0.05) is 20.8 Å². The zero-order chi connectivity index (χ0) is 9.00. The molecule has 0 unspecified atom stereocenters. The Balaban J connectivity index is -0.00000000241. The van der Waals surface area contributed by atoms with Gasteiger partial charge in [-0.25, -0.2) is 0 Å². The van der Waals surface area contributed by atoms with Gasteiger partial charge in [-0.1, -0.05) is 0 Å². The van der Waals surface area contributed by atoms with Gasteiger partial charge in [0.25, 0.3) is 0 Å². The molecule has 0 fully saturated rings. The standard InChI is InChI=1S/Al.Cs.2H2O4S.12H2O/c;;2*1-5(2,3)4;;;;;;;;;;;;/h;;2*(H2,1,2,3,4);12*1H2/q+3;+1;;;;;;;;;;;;;;/p-4. The molecule has 0 amide bonds. The van der Waals surface area contributed by atoms with Crippen LogP contribution >= 0.6 is 0 Å². The fourth-order valence-corrected chi connectivity index (χ4v) is 0. The maximum atomic E-state index is 8.52. The summed E-state index contributed by atoms with van der Waals surface area (Å²) >= 11 is 0. The van der Waals surface area contributed by atoms with Crippen molar-refractivity contribution < 1.29 is 170 Å². The molecule has 24 N–H and O–H groups in total. The average Bonchev–Trinajstić information content (AvgIpc) is 1.12. The van der Waals surface area contributed by atoms with Crippen molar-refractivity contribution in [1.82, 2.24) is 0 Å². The Morgan fingerprint density at radius 2 is 0.375 bits per heavy atom. The summed E-state index contributed by atoms with van der Waals surface area (Å²) in [5.74, 6) is 0. The quantitative estimate of drug-likeness (QED) is 0.153. The summed E-state index contributed by atoms with van der Waals surface area (Å²) in [5.41, 5.74) is 0. The van der Waals surface area contributed by atoms with Crippen LogP contribution in [0.15, 0.2) is 0 Å². The van der Waals surface area contributed by atoms with Crippen molar-refractivity contribution in [2.75, 3.05) is 0 Å². The van der Waals surface area contributed by atoms with Gasteiger partial charge in [-0.2, -0.15) is 0 Å². The van der Waals surface area contributed by atoms with E-state index in [4.69, 9.17) is 35.0 Å². The third kappa shape index (κ3) is 3660. The average molecular weight is 568 g/mol. The number of hydrogen-bond acceptors (Lipinski definition) is 8. The normalized spacial score (nSPS) is 4.83. The largest absolute Gasteiger partial charge is 3.00 e. The molecule has 0 bridgehead atoms. The molecule has 0 aromatic rings. The van der Waals surface area contributed by atoms with E-state index < -0.39 is 20.8 Å². The molecule has 0 aromatic heterocycles. The summed E-state index contributed by atoms with van der Waals surface area (Å²) in [6, 6.07) is 0. The number of hydrogen-bond donors (Lipinski definition) is 0. The maximum absolute atomic E-state index is 8.52. The molecule has 0 aliphatic carbocycles. The first-order chi connectivity index (χ1) is 4.00. The monoisotopic (exact) mass is 568 g/mol. The van der Waals surface area contributed by atoms with Crippen LogP contribution in [0.2, 0.25) is 0 Å². The summed E-state index contributed by atoms with van der Waals surface area (Å²) in [6.45, 7) is 0. The Hall–Kier alpha value is 1.84. The molecule has 0 saturated heterocycles. The van der Waals surface area contributed by atoms with Crippen molar-refractivity contribution in [1.29, 1.82) is 0 Å². The van der Waals surface area contributed by atoms with Gasteiger partial charge in [0.05, 0.1) is 0 Å². The summed E-state index contributed by atoms with van der Waals surface area (Å²) in [5, 5.41) is 0. The van der Waals surface area contributed by atoms with E-state index in [1.165, 1.54) is 0 Å². The third-order valence-corrected chi connectivity index (χ3v) is 0. The van der Waals surface area contributed by atoms with Crippen LogP contribution in [-0.4, -0.2) is 118 Å². The van der Waals surface area contributed by atoms with Crippen molar-refractivity contribution in [2.24, 2.45) is 0 Å². The van der Waals surface area contributed by atoms with E-state index in [1.807, 2.05) is 0 Å². The van der Waals surface area contributed by atoms with Crippen LogP contribution in [0.5, 0.6) is 0 Å². The van der Waals surface area contributed by atoms with E-state index in [2.05, 4.69) is 0 Å². The molecule has 0 aromatic carbocycles. The minimum absolute atomic E-state index is 0. The van der Waals surface area contributed by atoms with Crippen LogP contribution in [0, 0.1) is 0 Å². The van der Waals surface area contributed by atoms with Gasteiger partial charge in [0.2, 0.25) is 0 Å². The SMILES string of the molecule is O.O.O.O.O.O.O.O.O.O.O.O.O=S(=O)([O-])[O-].O=S(=O)([O-])[O-].[Al+3].[Cs+]. The Morgan fingerprint density at radius 1 is 0.375 bits per heavy atom. The van der Waals surface area contributed by atoms with Crippen molar-refractivity contribution in [2.45, 2.75) is 0 Å². The van der Waals surface area contributed by atoms with E-state index in [1.54, 1.807) is 0 Å². The maximum Gasteiger partial charge on any atom is 3.00 e. The van der Waals surface area contributed by atoms with Crippen molar-refractivity contribution in [3.63, 3.8) is 0 Å². The predicted octanol–water partition coefficient (Wildman–Crippen LogP) is -15.9. The van der Waals surface area contributed by atoms with Gasteiger partial charge in [0.1, 0.15) is 0 Å². The first kappa shape index (κ1) is 165. The minimum Gasteiger partial charge on any atom is -0.759 e. The van der Waals surface area contributed by atoms with Crippen molar-refractivity contribution in [3.05, 3.63) is 0 Å². The van der Waals surface area contributed by atoms with Crippen molar-refractivity contribution in [3.8, 4) is 0 Å². The molecule has 24 heteroatoms. The number of rotatable bonds is 0. The topological polar surface area (TPSA) is 539 Å². The summed E-state index contributed by atoms with van der Waals surface area (Å²) in [7, 11) is -10.3. The van der Waals surface area contributed by atoms with E-state index in [0.717, 1.165) is 0 Å². The molecule has 24 heavy (non-hydrogen) atoms. The van der Waals surface area contributed by atoms with E-state index in [0.29, 0.717) is 0 Å². The van der Waals surface area contributed by atoms with Gasteiger partial charge < -0.3 is 83.9 Å². The Morgan fingerprint density at radius 3 is 0.375 bits per heavy atom. The summed E-state index contributed by atoms with van der Waals surface area (Å²) in [6.07, 6.45) is 0. The van der Waals surface area contributed by atoms with Gasteiger partial charge in [0.15, 0.2) is 0 Å². The Labute approximate surface area is 205 Å². The molecule has 20 nitrogen and oxygen atoms in total. The van der Waals surface area contributed by atoms with Gasteiger partial charge >= 0.3 is 86.3 Å². The molecule has 0 saturated carbocycles. The fourth-order valence-electron chi connectivity index (χ4n) is 0. The zero-order valence-corrected chi connectivity index (χ0v) is 20.7. The molecule has 0 atom stereocenters. The third-order valence-electron chi connectivity index (χ3n) is 0. The van der Waals surface area contributed by atoms with Gasteiger partial charge in [-0.15, -0.1) is 0 Å². The second-order valence-electron chi connectivity index (χ2n) is 0.816. The molecule has 0 radical (unpaired) electrons. The van der Waals surface area contributed by atoms with Crippen LogP contribution in [0.3, 0.4) is 0 Å². The Bertz CT molecular complexity index is 218. The summed E-state index contributed by atoms with van der Waals surface area (Å²) in [4.78, 5) is 0. The predicted molar refractivity (Wildman–Crippen MR) is 70.1 cm³/mol. The zero-order valence-electron chi connectivity index (χ0n) is 11.7. The summed E-state index contributed by atoms with van der Waals surface area (Å²) < 4.78 is 68.2. The molecule has 0 rings (SSSR count). The molecule has 0 heterocycles. The van der Waals surface area contributed by atoms with E-state index in [-0.39, 0.29) is 152 Å². The Kier molecular flexibility index (Phi) is 505. The first-order valence-electron chi connectivity index (χ1n) is 1.33. The van der Waals surface area contributed by atoms with Crippen LogP contribution in [0.1, 0.15) is 0 Å². The molecule has 0 aliphatic rings. The van der Waals surface area contributed by atoms with Crippen molar-refractivity contribution >= 4 is 38.2 Å². The smallest absolute Gasteiger partial charge is 0.759 e. The fraction of sp³-hybridized carbons (Fsp3) is 0. The first-order valence-corrected chi connectivity index (χ1v) is 4.00. The molecule has 160 valence electrons. The minimum atomic E-state index is -5.17. The van der Waals surface area contributed by atoms with Crippen LogP contribution in [0.4, 0.5) is 0 Å². The van der Waals surface area contributed by atoms with Crippen LogP contribution in [-0.2, 0) is 20.8 Å². The second-order valence-corrected chi connectivity index (χ2v) is 2.45. The van der Waals surface area contributed by atoms with Gasteiger partial charge in [-0.05, 0) is 0 Å². The molecule has 0 aliphatic heterocycles. The van der Waals surface area contributed by atoms with Crippen LogP contribution in [0.25, 0.3) is 0 Å². The molecule has 0 spiro atoms. The van der Waals surface area contributed by atoms with E-state index >= 15 is 0 Å². The molecular formula is H24AlCsO20S2. The van der Waals surface area contributed by atoms with E-state index in [9.17, 15) is 0 Å². The molecular weight excluding hydrogens is 544 g/mol. The second kappa shape index (κ2) is 73.7. The van der Waals surface area contributed by atoms with Crippen LogP contribution < -0.4 is 68.9 Å².